The van der Waals surface area contributed by atoms with E-state index in [-0.39, 0.29) is 6.04 Å². The van der Waals surface area contributed by atoms with E-state index in [1.165, 1.54) is 27.8 Å². The molecule has 17 heavy (non-hydrogen) atoms. The number of hydrogen-bond acceptors (Lipinski definition) is 1. The first kappa shape index (κ1) is 11.9. The van der Waals surface area contributed by atoms with Crippen LogP contribution < -0.4 is 5.73 Å². The van der Waals surface area contributed by atoms with E-state index in [0.29, 0.717) is 0 Å². The Labute approximate surface area is 103 Å². The summed E-state index contributed by atoms with van der Waals surface area (Å²) >= 11 is 0. The highest BCUT2D eigenvalue weighted by Crippen LogP contribution is 2.26. The van der Waals surface area contributed by atoms with Crippen molar-refractivity contribution >= 4 is 0 Å². The van der Waals surface area contributed by atoms with Gasteiger partial charge in [0.2, 0.25) is 0 Å². The smallest absolute Gasteiger partial charge is 0.0266 e. The van der Waals surface area contributed by atoms with Gasteiger partial charge in [0, 0.05) is 6.04 Å². The summed E-state index contributed by atoms with van der Waals surface area (Å²) in [6.45, 7) is 6.28. The van der Waals surface area contributed by atoms with E-state index in [4.69, 9.17) is 5.73 Å². The van der Waals surface area contributed by atoms with E-state index in [2.05, 4.69) is 56.3 Å². The lowest BCUT2D eigenvalue weighted by molar-refractivity contribution is 0.818. The lowest BCUT2D eigenvalue weighted by atomic mass is 9.95. The highest BCUT2D eigenvalue weighted by atomic mass is 14.6. The molecule has 2 aromatic carbocycles. The van der Waals surface area contributed by atoms with Gasteiger partial charge in [-0.3, -0.25) is 0 Å². The Balaban J connectivity index is 2.54. The number of rotatable bonds is 2. The largest absolute Gasteiger partial charge is 0.324 e. The molecule has 1 atom stereocenters. The Bertz CT molecular complexity index is 527. The molecular weight excluding hydrogens is 206 g/mol. The molecule has 2 rings (SSSR count). The molecule has 0 aromatic heterocycles. The molecule has 0 spiro atoms. The van der Waals surface area contributed by atoms with Gasteiger partial charge in [-0.15, -0.1) is 0 Å². The number of benzene rings is 2. The Morgan fingerprint density at radius 3 is 2.41 bits per heavy atom. The van der Waals surface area contributed by atoms with Crippen LogP contribution in [0.3, 0.4) is 0 Å². The quantitative estimate of drug-likeness (QED) is 0.821. The van der Waals surface area contributed by atoms with Crippen molar-refractivity contribution in [1.29, 1.82) is 0 Å². The van der Waals surface area contributed by atoms with E-state index >= 15 is 0 Å². The van der Waals surface area contributed by atoms with Crippen LogP contribution in [0.1, 0.15) is 29.7 Å². The Morgan fingerprint density at radius 2 is 1.76 bits per heavy atom. The molecule has 88 valence electrons. The molecule has 0 heterocycles. The topological polar surface area (TPSA) is 26.0 Å². The zero-order valence-electron chi connectivity index (χ0n) is 10.7. The third-order valence-electron chi connectivity index (χ3n) is 3.12. The summed E-state index contributed by atoms with van der Waals surface area (Å²) in [5, 5.41) is 0. The minimum Gasteiger partial charge on any atom is -0.324 e. The van der Waals surface area contributed by atoms with Crippen LogP contribution in [0.2, 0.25) is 0 Å². The minimum absolute atomic E-state index is 0.0826. The minimum atomic E-state index is 0.0826. The molecule has 0 saturated carbocycles. The summed E-state index contributed by atoms with van der Waals surface area (Å²) in [7, 11) is 0. The third-order valence-corrected chi connectivity index (χ3v) is 3.12. The number of nitrogens with two attached hydrogens (primary N) is 1. The Hall–Kier alpha value is -1.60. The third kappa shape index (κ3) is 2.56. The monoisotopic (exact) mass is 225 g/mol. The van der Waals surface area contributed by atoms with Gasteiger partial charge in [-0.05, 0) is 49.1 Å². The van der Waals surface area contributed by atoms with Gasteiger partial charge in [0.1, 0.15) is 0 Å². The van der Waals surface area contributed by atoms with Gasteiger partial charge in [-0.1, -0.05) is 42.0 Å². The molecule has 0 fully saturated rings. The fourth-order valence-electron chi connectivity index (χ4n) is 2.05. The molecule has 0 aliphatic rings. The molecule has 0 bridgehead atoms. The highest BCUT2D eigenvalue weighted by molar-refractivity contribution is 5.68. The standard InChI is InChI=1S/C16H19N/c1-11-5-4-6-15(9-11)16-10-14(13(3)17)8-7-12(16)2/h4-10,13H,17H2,1-3H3. The van der Waals surface area contributed by atoms with Crippen LogP contribution in [0, 0.1) is 13.8 Å². The van der Waals surface area contributed by atoms with Crippen LogP contribution in [-0.2, 0) is 0 Å². The molecule has 0 radical (unpaired) electrons. The summed E-state index contributed by atoms with van der Waals surface area (Å²) in [6.07, 6.45) is 0. The van der Waals surface area contributed by atoms with Crippen LogP contribution in [0.25, 0.3) is 11.1 Å². The Kier molecular flexibility index (Phi) is 3.30. The van der Waals surface area contributed by atoms with Crippen molar-refractivity contribution in [3.8, 4) is 11.1 Å². The van der Waals surface area contributed by atoms with Gasteiger partial charge in [0.05, 0.1) is 0 Å². The molecule has 0 aliphatic carbocycles. The summed E-state index contributed by atoms with van der Waals surface area (Å²) in [5.41, 5.74) is 12.3. The van der Waals surface area contributed by atoms with Gasteiger partial charge in [-0.25, -0.2) is 0 Å². The molecule has 0 aliphatic heterocycles. The first-order valence-corrected chi connectivity index (χ1v) is 6.01. The van der Waals surface area contributed by atoms with Gasteiger partial charge >= 0.3 is 0 Å². The van der Waals surface area contributed by atoms with Gasteiger partial charge in [0.25, 0.3) is 0 Å². The zero-order chi connectivity index (χ0) is 12.4. The summed E-state index contributed by atoms with van der Waals surface area (Å²) in [4.78, 5) is 0. The maximum atomic E-state index is 5.94. The number of hydrogen-bond donors (Lipinski definition) is 1. The van der Waals surface area contributed by atoms with Gasteiger partial charge in [0.15, 0.2) is 0 Å². The fourth-order valence-corrected chi connectivity index (χ4v) is 2.05. The molecule has 0 amide bonds. The van der Waals surface area contributed by atoms with Crippen LogP contribution in [0.4, 0.5) is 0 Å². The van der Waals surface area contributed by atoms with E-state index in [1.807, 2.05) is 6.92 Å². The van der Waals surface area contributed by atoms with E-state index in [9.17, 15) is 0 Å². The molecule has 1 nitrogen and oxygen atoms in total. The second-order valence-electron chi connectivity index (χ2n) is 4.73. The molecular formula is C16H19N. The van der Waals surface area contributed by atoms with Crippen molar-refractivity contribution in [3.05, 3.63) is 59.2 Å². The second kappa shape index (κ2) is 4.72. The fraction of sp³-hybridized carbons (Fsp3) is 0.250. The molecule has 0 saturated heterocycles. The molecule has 1 unspecified atom stereocenters. The molecule has 1 heteroatoms. The van der Waals surface area contributed by atoms with Crippen molar-refractivity contribution < 1.29 is 0 Å². The van der Waals surface area contributed by atoms with Crippen molar-refractivity contribution in [1.82, 2.24) is 0 Å². The molecule has 2 N–H and O–H groups in total. The normalized spacial score (nSPS) is 12.5. The number of aryl methyl sites for hydroxylation is 2. The summed E-state index contributed by atoms with van der Waals surface area (Å²) in [6, 6.07) is 15.1. The second-order valence-corrected chi connectivity index (χ2v) is 4.73. The van der Waals surface area contributed by atoms with Crippen molar-refractivity contribution in [2.75, 3.05) is 0 Å². The summed E-state index contributed by atoms with van der Waals surface area (Å²) < 4.78 is 0. The zero-order valence-corrected chi connectivity index (χ0v) is 10.7. The average molecular weight is 225 g/mol. The van der Waals surface area contributed by atoms with Gasteiger partial charge in [-0.2, -0.15) is 0 Å². The van der Waals surface area contributed by atoms with Crippen LogP contribution in [0.5, 0.6) is 0 Å². The van der Waals surface area contributed by atoms with Crippen LogP contribution in [0.15, 0.2) is 42.5 Å². The lowest BCUT2D eigenvalue weighted by Gasteiger charge is -2.12. The van der Waals surface area contributed by atoms with Crippen LogP contribution >= 0.6 is 0 Å². The summed E-state index contributed by atoms with van der Waals surface area (Å²) in [5.74, 6) is 0. The highest BCUT2D eigenvalue weighted by Gasteiger charge is 2.06. The molecule has 2 aromatic rings. The van der Waals surface area contributed by atoms with E-state index in [0.717, 1.165) is 0 Å². The van der Waals surface area contributed by atoms with Crippen molar-refractivity contribution in [2.45, 2.75) is 26.8 Å². The average Bonchev–Trinajstić information content (AvgIpc) is 2.29. The Morgan fingerprint density at radius 1 is 1.00 bits per heavy atom. The SMILES string of the molecule is Cc1cccc(-c2cc(C(C)N)ccc2C)c1. The van der Waals surface area contributed by atoms with Crippen molar-refractivity contribution in [3.63, 3.8) is 0 Å². The van der Waals surface area contributed by atoms with E-state index in [1.54, 1.807) is 0 Å². The lowest BCUT2D eigenvalue weighted by Crippen LogP contribution is -2.05. The van der Waals surface area contributed by atoms with Gasteiger partial charge < -0.3 is 5.73 Å². The first-order chi connectivity index (χ1) is 8.08. The predicted molar refractivity (Wildman–Crippen MR) is 74.0 cm³/mol. The predicted octanol–water partition coefficient (Wildman–Crippen LogP) is 3.99. The maximum Gasteiger partial charge on any atom is 0.0266 e. The maximum absolute atomic E-state index is 5.94. The van der Waals surface area contributed by atoms with Crippen LogP contribution in [-0.4, -0.2) is 0 Å². The van der Waals surface area contributed by atoms with E-state index < -0.39 is 0 Å². The van der Waals surface area contributed by atoms with Crippen molar-refractivity contribution in [2.24, 2.45) is 5.73 Å². The first-order valence-electron chi connectivity index (χ1n) is 6.01.